The van der Waals surface area contributed by atoms with E-state index < -0.39 is 17.5 Å². The first-order valence-electron chi connectivity index (χ1n) is 11.7. The second-order valence-corrected chi connectivity index (χ2v) is 9.37. The molecule has 5 heterocycles. The molecule has 9 heteroatoms. The number of esters is 2. The Kier molecular flexibility index (Phi) is 4.45. The summed E-state index contributed by atoms with van der Waals surface area (Å²) in [6, 6.07) is 7.73. The van der Waals surface area contributed by atoms with Gasteiger partial charge >= 0.3 is 11.9 Å². The van der Waals surface area contributed by atoms with Crippen LogP contribution in [0.15, 0.2) is 34.1 Å². The van der Waals surface area contributed by atoms with Crippen molar-refractivity contribution in [3.63, 3.8) is 0 Å². The molecule has 0 saturated heterocycles. The second kappa shape index (κ2) is 7.24. The Hall–Kier alpha value is -4.01. The van der Waals surface area contributed by atoms with Gasteiger partial charge in [-0.15, -0.1) is 0 Å². The van der Waals surface area contributed by atoms with Crippen molar-refractivity contribution in [3.8, 4) is 11.4 Å². The van der Waals surface area contributed by atoms with E-state index in [0.717, 1.165) is 27.8 Å². The number of hydrogen-bond acceptors (Lipinski definition) is 8. The van der Waals surface area contributed by atoms with Gasteiger partial charge in [-0.25, -0.2) is 14.8 Å². The Morgan fingerprint density at radius 2 is 2.06 bits per heavy atom. The number of benzene rings is 1. The van der Waals surface area contributed by atoms with E-state index in [0.29, 0.717) is 29.1 Å². The van der Waals surface area contributed by atoms with Crippen LogP contribution in [0.4, 0.5) is 11.4 Å². The Balaban J connectivity index is 1.66. The van der Waals surface area contributed by atoms with Crippen LogP contribution >= 0.6 is 0 Å². The number of cyclic esters (lactones) is 1. The van der Waals surface area contributed by atoms with Gasteiger partial charge < -0.3 is 18.9 Å². The molecule has 6 rings (SSSR count). The molecule has 0 bridgehead atoms. The molecule has 0 radical (unpaired) electrons. The SMILES string of the molecule is CC[C@@]1(OC(C)=O)C(=O)OCc2c1cc1n(c2=O)Cc2c-1nc1cccc3c1c2N(C(C)C)C=N3. The largest absolute Gasteiger partial charge is 0.457 e. The van der Waals surface area contributed by atoms with Crippen LogP contribution in [0.1, 0.15) is 50.8 Å². The minimum atomic E-state index is -1.66. The third kappa shape index (κ3) is 2.78. The number of hydrogen-bond donors (Lipinski definition) is 0. The van der Waals surface area contributed by atoms with Crippen molar-refractivity contribution in [2.45, 2.75) is 58.9 Å². The molecule has 3 aromatic rings. The first-order chi connectivity index (χ1) is 16.8. The fraction of sp³-hybridized carbons (Fsp3) is 0.346. The number of carbonyl (C=O) groups is 2. The van der Waals surface area contributed by atoms with E-state index >= 15 is 0 Å². The lowest BCUT2D eigenvalue weighted by Gasteiger charge is -2.35. The van der Waals surface area contributed by atoms with Crippen molar-refractivity contribution in [3.05, 3.63) is 51.3 Å². The molecule has 0 amide bonds. The number of fused-ring (bicyclic) bond motifs is 5. The maximum Gasteiger partial charge on any atom is 0.355 e. The predicted octanol–water partition coefficient (Wildman–Crippen LogP) is 3.54. The summed E-state index contributed by atoms with van der Waals surface area (Å²) in [4.78, 5) is 50.3. The quantitative estimate of drug-likeness (QED) is 0.420. The van der Waals surface area contributed by atoms with Crippen molar-refractivity contribution in [2.24, 2.45) is 4.99 Å². The summed E-state index contributed by atoms with van der Waals surface area (Å²) in [5.41, 5.74) is 3.57. The maximum absolute atomic E-state index is 13.7. The number of pyridine rings is 2. The van der Waals surface area contributed by atoms with E-state index in [1.165, 1.54) is 6.92 Å². The average molecular weight is 473 g/mol. The van der Waals surface area contributed by atoms with Crippen LogP contribution in [0.2, 0.25) is 0 Å². The van der Waals surface area contributed by atoms with Gasteiger partial charge in [0.05, 0.1) is 52.1 Å². The van der Waals surface area contributed by atoms with E-state index in [1.54, 1.807) is 17.6 Å². The van der Waals surface area contributed by atoms with Crippen LogP contribution in [-0.2, 0) is 37.8 Å². The molecule has 0 spiro atoms. The molecule has 0 N–H and O–H groups in total. The normalized spacial score (nSPS) is 19.5. The molecule has 0 saturated carbocycles. The van der Waals surface area contributed by atoms with Gasteiger partial charge in [0.25, 0.3) is 5.56 Å². The molecule has 0 aliphatic carbocycles. The van der Waals surface area contributed by atoms with Crippen molar-refractivity contribution in [2.75, 3.05) is 4.90 Å². The van der Waals surface area contributed by atoms with Crippen LogP contribution in [-0.4, -0.2) is 33.9 Å². The van der Waals surface area contributed by atoms with Crippen LogP contribution in [0, 0.1) is 0 Å². The zero-order valence-electron chi connectivity index (χ0n) is 19.9. The Morgan fingerprint density at radius 3 is 2.77 bits per heavy atom. The van der Waals surface area contributed by atoms with E-state index in [9.17, 15) is 14.4 Å². The van der Waals surface area contributed by atoms with Crippen molar-refractivity contribution in [1.29, 1.82) is 0 Å². The van der Waals surface area contributed by atoms with Gasteiger partial charge in [-0.05, 0) is 38.5 Å². The molecule has 9 nitrogen and oxygen atoms in total. The minimum absolute atomic E-state index is 0.137. The monoisotopic (exact) mass is 472 g/mol. The number of aliphatic imine (C=N–C) groups is 1. The van der Waals surface area contributed by atoms with E-state index in [1.807, 2.05) is 24.5 Å². The molecule has 1 atom stereocenters. The summed E-state index contributed by atoms with van der Waals surface area (Å²) in [6.45, 7) is 7.32. The summed E-state index contributed by atoms with van der Waals surface area (Å²) in [6.07, 6.45) is 1.97. The topological polar surface area (TPSA) is 103 Å². The molecule has 0 fully saturated rings. The smallest absolute Gasteiger partial charge is 0.355 e. The Bertz CT molecular complexity index is 1550. The molecule has 3 aliphatic heterocycles. The van der Waals surface area contributed by atoms with Gasteiger partial charge in [0, 0.05) is 24.1 Å². The first-order valence-corrected chi connectivity index (χ1v) is 11.7. The molecule has 0 unspecified atom stereocenters. The predicted molar refractivity (Wildman–Crippen MR) is 130 cm³/mol. The lowest BCUT2D eigenvalue weighted by atomic mass is 9.85. The summed E-state index contributed by atoms with van der Waals surface area (Å²) < 4.78 is 12.6. The highest BCUT2D eigenvalue weighted by Gasteiger charge is 2.50. The maximum atomic E-state index is 13.7. The highest BCUT2D eigenvalue weighted by atomic mass is 16.6. The third-order valence-electron chi connectivity index (χ3n) is 7.08. The van der Waals surface area contributed by atoms with Crippen molar-refractivity contribution in [1.82, 2.24) is 9.55 Å². The van der Waals surface area contributed by atoms with E-state index in [2.05, 4.69) is 23.7 Å². The number of anilines is 1. The molecular weight excluding hydrogens is 448 g/mol. The highest BCUT2D eigenvalue weighted by molar-refractivity contribution is 6.11. The summed E-state index contributed by atoms with van der Waals surface area (Å²) in [7, 11) is 0. The van der Waals surface area contributed by atoms with E-state index in [4.69, 9.17) is 14.5 Å². The lowest BCUT2D eigenvalue weighted by molar-refractivity contribution is -0.188. The first kappa shape index (κ1) is 21.5. The fourth-order valence-electron chi connectivity index (χ4n) is 5.46. The van der Waals surface area contributed by atoms with Crippen LogP contribution in [0.25, 0.3) is 22.3 Å². The van der Waals surface area contributed by atoms with Gasteiger partial charge in [-0.1, -0.05) is 13.0 Å². The Labute approximate surface area is 201 Å². The van der Waals surface area contributed by atoms with Gasteiger partial charge in [-0.3, -0.25) is 9.59 Å². The summed E-state index contributed by atoms with van der Waals surface area (Å²) in [5.74, 6) is -1.29. The van der Waals surface area contributed by atoms with Gasteiger partial charge in [0.15, 0.2) is 0 Å². The standard InChI is InChI=1S/C26H24N4O5/c1-5-26(35-14(4)31)17-9-20-22-15(10-29(20)24(32)16(17)11-34-25(26)33)23-21-18(7-6-8-19(21)28-22)27-12-30(23)13(2)3/h6-9,12-13H,5,10-11H2,1-4H3/t26-/m0/s1. The molecule has 2 aromatic heterocycles. The number of nitrogens with zero attached hydrogens (tertiary/aromatic N) is 4. The highest BCUT2D eigenvalue weighted by Crippen LogP contribution is 2.47. The zero-order chi connectivity index (χ0) is 24.6. The molecule has 35 heavy (non-hydrogen) atoms. The zero-order valence-corrected chi connectivity index (χ0v) is 19.9. The lowest BCUT2D eigenvalue weighted by Crippen LogP contribution is -2.47. The number of ether oxygens (including phenoxy) is 2. The van der Waals surface area contributed by atoms with Crippen LogP contribution in [0.5, 0.6) is 0 Å². The van der Waals surface area contributed by atoms with Gasteiger partial charge in [0.2, 0.25) is 5.60 Å². The van der Waals surface area contributed by atoms with Gasteiger partial charge in [-0.2, -0.15) is 0 Å². The average Bonchev–Trinajstić information content (AvgIpc) is 3.20. The minimum Gasteiger partial charge on any atom is -0.457 e. The molecule has 3 aliphatic rings. The molecule has 1 aromatic carbocycles. The summed E-state index contributed by atoms with van der Waals surface area (Å²) >= 11 is 0. The van der Waals surface area contributed by atoms with Crippen LogP contribution in [0.3, 0.4) is 0 Å². The van der Waals surface area contributed by atoms with Crippen molar-refractivity contribution >= 4 is 40.6 Å². The van der Waals surface area contributed by atoms with Crippen LogP contribution < -0.4 is 10.5 Å². The molecule has 178 valence electrons. The molecular formula is C26H24N4O5. The number of carbonyl (C=O) groups excluding carboxylic acids is 2. The fourth-order valence-corrected chi connectivity index (χ4v) is 5.46. The third-order valence-corrected chi connectivity index (χ3v) is 7.08. The Morgan fingerprint density at radius 1 is 1.26 bits per heavy atom. The van der Waals surface area contributed by atoms with E-state index in [-0.39, 0.29) is 24.6 Å². The van der Waals surface area contributed by atoms with Crippen molar-refractivity contribution < 1.29 is 19.1 Å². The van der Waals surface area contributed by atoms with Gasteiger partial charge in [0.1, 0.15) is 6.61 Å². The summed E-state index contributed by atoms with van der Waals surface area (Å²) in [5, 5.41) is 0.953. The second-order valence-electron chi connectivity index (χ2n) is 9.37. The number of aromatic nitrogens is 2. The number of rotatable bonds is 3.